The molecule has 3 aromatic carbocycles. The fourth-order valence-electron chi connectivity index (χ4n) is 3.42. The van der Waals surface area contributed by atoms with Gasteiger partial charge in [0.2, 0.25) is 15.9 Å². The maximum absolute atomic E-state index is 13.2. The monoisotopic (exact) mass is 500 g/mol. The summed E-state index contributed by atoms with van der Waals surface area (Å²) in [6.45, 7) is 0. The number of anilines is 1. The van der Waals surface area contributed by atoms with E-state index in [-0.39, 0.29) is 17.1 Å². The lowest BCUT2D eigenvalue weighted by Gasteiger charge is -2.20. The molecule has 0 fully saturated rings. The normalized spacial score (nSPS) is 11.9. The summed E-state index contributed by atoms with van der Waals surface area (Å²) >= 11 is 0. The fourth-order valence-corrected chi connectivity index (χ4v) is 4.63. The number of ether oxygens (including phenoxy) is 4. The Morgan fingerprint density at radius 1 is 0.771 bits per heavy atom. The second-order valence-electron chi connectivity index (χ2n) is 7.44. The minimum Gasteiger partial charge on any atom is -0.493 e. The van der Waals surface area contributed by atoms with Gasteiger partial charge in [0.15, 0.2) is 23.0 Å². The van der Waals surface area contributed by atoms with E-state index in [4.69, 9.17) is 18.9 Å². The van der Waals surface area contributed by atoms with Crippen LogP contribution in [0.2, 0.25) is 0 Å². The Labute approximate surface area is 205 Å². The van der Waals surface area contributed by atoms with Gasteiger partial charge in [-0.3, -0.25) is 4.79 Å². The first-order valence-corrected chi connectivity index (χ1v) is 12.1. The van der Waals surface area contributed by atoms with Gasteiger partial charge in [0.05, 0.1) is 33.3 Å². The van der Waals surface area contributed by atoms with Crippen molar-refractivity contribution in [3.63, 3.8) is 0 Å². The zero-order valence-corrected chi connectivity index (χ0v) is 20.7. The number of hydrogen-bond donors (Lipinski definition) is 2. The molecule has 0 aliphatic carbocycles. The number of rotatable bonds is 11. The number of methoxy groups -OCH3 is 4. The summed E-state index contributed by atoms with van der Waals surface area (Å²) in [5, 5.41) is 2.76. The van der Waals surface area contributed by atoms with Gasteiger partial charge in [-0.25, -0.2) is 8.42 Å². The van der Waals surface area contributed by atoms with E-state index < -0.39 is 22.0 Å². The molecule has 0 aromatic heterocycles. The lowest BCUT2D eigenvalue weighted by Crippen LogP contribution is -2.45. The molecule has 0 saturated carbocycles. The lowest BCUT2D eigenvalue weighted by molar-refractivity contribution is -0.117. The van der Waals surface area contributed by atoms with Crippen molar-refractivity contribution in [2.45, 2.75) is 17.4 Å². The summed E-state index contributed by atoms with van der Waals surface area (Å²) in [5.74, 6) is 1.03. The Kier molecular flexibility index (Phi) is 8.56. The summed E-state index contributed by atoms with van der Waals surface area (Å²) in [6, 6.07) is 17.1. The van der Waals surface area contributed by atoms with Gasteiger partial charge >= 0.3 is 0 Å². The minimum absolute atomic E-state index is 0.0628. The number of benzene rings is 3. The van der Waals surface area contributed by atoms with Crippen LogP contribution < -0.4 is 29.0 Å². The maximum atomic E-state index is 13.2. The predicted molar refractivity (Wildman–Crippen MR) is 132 cm³/mol. The highest BCUT2D eigenvalue weighted by Crippen LogP contribution is 2.31. The van der Waals surface area contributed by atoms with Crippen LogP contribution in [0.1, 0.15) is 5.56 Å². The number of carbonyl (C=O) groups excluding carboxylic acids is 1. The van der Waals surface area contributed by atoms with E-state index in [1.165, 1.54) is 46.6 Å². The number of hydrogen-bond acceptors (Lipinski definition) is 7. The molecule has 0 aliphatic heterocycles. The van der Waals surface area contributed by atoms with Crippen LogP contribution in [0.25, 0.3) is 0 Å². The average molecular weight is 501 g/mol. The van der Waals surface area contributed by atoms with E-state index in [1.807, 2.05) is 30.3 Å². The third kappa shape index (κ3) is 6.43. The fraction of sp³-hybridized carbons (Fsp3) is 0.240. The summed E-state index contributed by atoms with van der Waals surface area (Å²) in [4.78, 5) is 13.2. The SMILES string of the molecule is COc1ccc(NC(=O)[C@@H](Cc2ccccc2)NS(=O)(=O)c2ccc(OC)c(OC)c2)cc1OC. The van der Waals surface area contributed by atoms with E-state index in [0.29, 0.717) is 22.9 Å². The van der Waals surface area contributed by atoms with Crippen molar-refractivity contribution < 1.29 is 32.2 Å². The molecule has 35 heavy (non-hydrogen) atoms. The Balaban J connectivity index is 1.90. The van der Waals surface area contributed by atoms with Gasteiger partial charge in [0.1, 0.15) is 6.04 Å². The molecule has 0 spiro atoms. The average Bonchev–Trinajstić information content (AvgIpc) is 2.88. The smallest absolute Gasteiger partial charge is 0.242 e. The largest absolute Gasteiger partial charge is 0.493 e. The molecule has 1 amide bonds. The standard InChI is InChI=1S/C25H28N2O7S/c1-31-21-12-10-18(15-23(21)33-3)26-25(28)20(14-17-8-6-5-7-9-17)27-35(29,30)19-11-13-22(32-2)24(16-19)34-4/h5-13,15-16,20,27H,14H2,1-4H3,(H,26,28)/t20-/m1/s1. The summed E-state index contributed by atoms with van der Waals surface area (Å²) in [5.41, 5.74) is 1.21. The Morgan fingerprint density at radius 3 is 1.94 bits per heavy atom. The first-order valence-electron chi connectivity index (χ1n) is 10.6. The van der Waals surface area contributed by atoms with Crippen LogP contribution in [0.5, 0.6) is 23.0 Å². The van der Waals surface area contributed by atoms with Gasteiger partial charge in [-0.1, -0.05) is 30.3 Å². The van der Waals surface area contributed by atoms with Crippen molar-refractivity contribution in [1.82, 2.24) is 4.72 Å². The van der Waals surface area contributed by atoms with Gasteiger partial charge in [0.25, 0.3) is 0 Å². The third-order valence-electron chi connectivity index (χ3n) is 5.21. The van der Waals surface area contributed by atoms with E-state index in [0.717, 1.165) is 5.56 Å². The molecule has 0 heterocycles. The molecule has 0 saturated heterocycles. The molecule has 0 bridgehead atoms. The zero-order chi connectivity index (χ0) is 25.4. The second-order valence-corrected chi connectivity index (χ2v) is 9.15. The van der Waals surface area contributed by atoms with Gasteiger partial charge in [-0.15, -0.1) is 0 Å². The van der Waals surface area contributed by atoms with Crippen molar-refractivity contribution in [3.05, 3.63) is 72.3 Å². The molecule has 1 atom stereocenters. The molecular formula is C25H28N2O7S. The summed E-state index contributed by atoms with van der Waals surface area (Å²) in [6.07, 6.45) is 0.131. The molecular weight excluding hydrogens is 472 g/mol. The van der Waals surface area contributed by atoms with Crippen LogP contribution in [-0.4, -0.2) is 48.8 Å². The molecule has 0 radical (unpaired) electrons. The highest BCUT2D eigenvalue weighted by molar-refractivity contribution is 7.89. The van der Waals surface area contributed by atoms with E-state index in [9.17, 15) is 13.2 Å². The summed E-state index contributed by atoms with van der Waals surface area (Å²) in [7, 11) is 1.78. The molecule has 9 nitrogen and oxygen atoms in total. The molecule has 3 aromatic rings. The molecule has 2 N–H and O–H groups in total. The molecule has 3 rings (SSSR count). The van der Waals surface area contributed by atoms with Crippen LogP contribution in [-0.2, 0) is 21.2 Å². The van der Waals surface area contributed by atoms with Crippen LogP contribution in [0, 0.1) is 0 Å². The summed E-state index contributed by atoms with van der Waals surface area (Å²) < 4.78 is 49.9. The van der Waals surface area contributed by atoms with Crippen LogP contribution in [0.4, 0.5) is 5.69 Å². The van der Waals surface area contributed by atoms with Crippen LogP contribution >= 0.6 is 0 Å². The predicted octanol–water partition coefficient (Wildman–Crippen LogP) is 3.25. The van der Waals surface area contributed by atoms with E-state index in [2.05, 4.69) is 10.0 Å². The quantitative estimate of drug-likeness (QED) is 0.416. The Bertz CT molecular complexity index is 1260. The second kappa shape index (κ2) is 11.6. The number of nitrogens with one attached hydrogen (secondary N) is 2. The van der Waals surface area contributed by atoms with Gasteiger partial charge in [-0.05, 0) is 36.2 Å². The lowest BCUT2D eigenvalue weighted by atomic mass is 10.1. The maximum Gasteiger partial charge on any atom is 0.242 e. The Morgan fingerprint density at radius 2 is 1.34 bits per heavy atom. The van der Waals surface area contributed by atoms with Crippen molar-refractivity contribution in [2.24, 2.45) is 0 Å². The first kappa shape index (κ1) is 25.9. The van der Waals surface area contributed by atoms with E-state index in [1.54, 1.807) is 18.2 Å². The van der Waals surface area contributed by atoms with Crippen LogP contribution in [0.15, 0.2) is 71.6 Å². The van der Waals surface area contributed by atoms with Crippen molar-refractivity contribution in [2.75, 3.05) is 33.8 Å². The van der Waals surface area contributed by atoms with Crippen molar-refractivity contribution in [1.29, 1.82) is 0 Å². The van der Waals surface area contributed by atoms with Gasteiger partial charge in [0, 0.05) is 17.8 Å². The number of amides is 1. The number of carbonyl (C=O) groups is 1. The highest BCUT2D eigenvalue weighted by atomic mass is 32.2. The van der Waals surface area contributed by atoms with Gasteiger partial charge < -0.3 is 24.3 Å². The van der Waals surface area contributed by atoms with E-state index >= 15 is 0 Å². The van der Waals surface area contributed by atoms with Crippen LogP contribution in [0.3, 0.4) is 0 Å². The number of sulfonamides is 1. The van der Waals surface area contributed by atoms with Crippen molar-refractivity contribution >= 4 is 21.6 Å². The minimum atomic E-state index is -4.09. The molecule has 186 valence electrons. The Hall–Kier alpha value is -3.76. The molecule has 0 unspecified atom stereocenters. The molecule has 0 aliphatic rings. The highest BCUT2D eigenvalue weighted by Gasteiger charge is 2.27. The van der Waals surface area contributed by atoms with Gasteiger partial charge in [-0.2, -0.15) is 4.72 Å². The third-order valence-corrected chi connectivity index (χ3v) is 6.68. The topological polar surface area (TPSA) is 112 Å². The first-order chi connectivity index (χ1) is 16.8. The molecule has 10 heteroatoms. The van der Waals surface area contributed by atoms with Crippen molar-refractivity contribution in [3.8, 4) is 23.0 Å². The zero-order valence-electron chi connectivity index (χ0n) is 19.9.